The number of nitrogens with one attached hydrogen (secondary N) is 1. The van der Waals surface area contributed by atoms with E-state index in [2.05, 4.69) is 19.9 Å². The Morgan fingerprint density at radius 3 is 2.63 bits per heavy atom. The van der Waals surface area contributed by atoms with Gasteiger partial charge in [0.15, 0.2) is 5.65 Å². The predicted octanol–water partition coefficient (Wildman–Crippen LogP) is 3.72. The summed E-state index contributed by atoms with van der Waals surface area (Å²) >= 11 is 6.56. The smallest absolute Gasteiger partial charge is 0.327 e. The van der Waals surface area contributed by atoms with Crippen molar-refractivity contribution in [2.45, 2.75) is 25.4 Å². The first-order valence-corrected chi connectivity index (χ1v) is 12.9. The fraction of sp³-hybridized carbons (Fsp3) is 0.296. The number of piperidine rings is 1. The Morgan fingerprint density at radius 1 is 1.08 bits per heavy atom. The first kappa shape index (κ1) is 24.2. The fourth-order valence-electron chi connectivity index (χ4n) is 5.39. The number of rotatable bonds is 5. The highest BCUT2D eigenvalue weighted by Gasteiger charge is 2.27. The Labute approximate surface area is 223 Å². The van der Waals surface area contributed by atoms with Gasteiger partial charge in [-0.05, 0) is 31.0 Å². The maximum atomic E-state index is 13.5. The maximum Gasteiger partial charge on any atom is 0.327 e. The second-order valence-corrected chi connectivity index (χ2v) is 10.1. The number of fused-ring (bicyclic) bond motifs is 2. The number of nitrogens with zero attached hydrogens (tertiary/aromatic N) is 7. The van der Waals surface area contributed by atoms with Gasteiger partial charge < -0.3 is 14.4 Å². The van der Waals surface area contributed by atoms with Crippen LogP contribution >= 0.6 is 11.6 Å². The van der Waals surface area contributed by atoms with Gasteiger partial charge in [0.05, 0.1) is 10.9 Å². The average Bonchev–Trinajstić information content (AvgIpc) is 3.45. The van der Waals surface area contributed by atoms with E-state index < -0.39 is 0 Å². The molecule has 1 saturated heterocycles. The van der Waals surface area contributed by atoms with Crippen LogP contribution in [0.25, 0.3) is 33.3 Å². The number of aromatic nitrogens is 6. The average molecular weight is 531 g/mol. The van der Waals surface area contributed by atoms with Crippen molar-refractivity contribution in [1.82, 2.24) is 34.0 Å². The molecule has 38 heavy (non-hydrogen) atoms. The molecule has 1 aliphatic heterocycles. The van der Waals surface area contributed by atoms with Crippen LogP contribution in [0.3, 0.4) is 0 Å². The molecule has 10 nitrogen and oxygen atoms in total. The van der Waals surface area contributed by atoms with Crippen LogP contribution in [0.2, 0.25) is 5.02 Å². The summed E-state index contributed by atoms with van der Waals surface area (Å²) in [5, 5.41) is 1.47. The summed E-state index contributed by atoms with van der Waals surface area (Å²) in [6.07, 6.45) is 6.51. The number of benzene rings is 1. The first-order chi connectivity index (χ1) is 18.4. The SMILES string of the molecule is CN(C)c1ncnc2c1c(-c1ccccc1Cl)cn2CC(=O)N1CCC(n2c(=O)[nH]c3ncccc32)CC1. The topological polar surface area (TPSA) is 105 Å². The van der Waals surface area contributed by atoms with E-state index in [0.717, 1.165) is 27.8 Å². The number of amides is 1. The minimum absolute atomic E-state index is 0.00372. The number of carbonyl (C=O) groups excluding carboxylic acids is 1. The zero-order valence-electron chi connectivity index (χ0n) is 21.1. The summed E-state index contributed by atoms with van der Waals surface area (Å²) in [6.45, 7) is 1.28. The lowest BCUT2D eigenvalue weighted by Crippen LogP contribution is -2.41. The number of hydrogen-bond donors (Lipinski definition) is 1. The van der Waals surface area contributed by atoms with Crippen molar-refractivity contribution in [1.29, 1.82) is 0 Å². The molecule has 0 radical (unpaired) electrons. The van der Waals surface area contributed by atoms with Gasteiger partial charge in [-0.1, -0.05) is 29.8 Å². The number of hydrogen-bond acceptors (Lipinski definition) is 6. The molecular weight excluding hydrogens is 504 g/mol. The zero-order chi connectivity index (χ0) is 26.4. The van der Waals surface area contributed by atoms with Gasteiger partial charge in [0.2, 0.25) is 5.91 Å². The fourth-order valence-corrected chi connectivity index (χ4v) is 5.63. The number of pyridine rings is 1. The highest BCUT2D eigenvalue weighted by molar-refractivity contribution is 6.33. The minimum Gasteiger partial charge on any atom is -0.362 e. The Kier molecular flexibility index (Phi) is 6.11. The second kappa shape index (κ2) is 9.60. The van der Waals surface area contributed by atoms with Crippen molar-refractivity contribution in [3.8, 4) is 11.1 Å². The predicted molar refractivity (Wildman–Crippen MR) is 148 cm³/mol. The molecule has 1 aromatic carbocycles. The van der Waals surface area contributed by atoms with Crippen LogP contribution in [-0.4, -0.2) is 67.1 Å². The molecule has 1 amide bonds. The van der Waals surface area contributed by atoms with Gasteiger partial charge in [0, 0.05) is 61.8 Å². The van der Waals surface area contributed by atoms with Gasteiger partial charge in [-0.2, -0.15) is 0 Å². The summed E-state index contributed by atoms with van der Waals surface area (Å²) in [4.78, 5) is 46.0. The van der Waals surface area contributed by atoms with Crippen LogP contribution in [0.5, 0.6) is 0 Å². The first-order valence-electron chi connectivity index (χ1n) is 12.5. The zero-order valence-corrected chi connectivity index (χ0v) is 21.9. The van der Waals surface area contributed by atoms with E-state index in [0.29, 0.717) is 42.2 Å². The Balaban J connectivity index is 1.27. The molecular formula is C27H27ClN8O2. The van der Waals surface area contributed by atoms with Crippen molar-refractivity contribution in [2.75, 3.05) is 32.1 Å². The van der Waals surface area contributed by atoms with E-state index in [1.54, 1.807) is 10.8 Å². The molecule has 1 aliphatic rings. The van der Waals surface area contributed by atoms with Crippen molar-refractivity contribution >= 4 is 45.5 Å². The lowest BCUT2D eigenvalue weighted by atomic mass is 10.0. The van der Waals surface area contributed by atoms with Crippen LogP contribution in [0, 0.1) is 0 Å². The number of aromatic amines is 1. The van der Waals surface area contributed by atoms with Gasteiger partial charge in [0.25, 0.3) is 0 Å². The number of H-pyrrole nitrogens is 1. The second-order valence-electron chi connectivity index (χ2n) is 9.72. The molecule has 4 aromatic heterocycles. The molecule has 0 unspecified atom stereocenters. The summed E-state index contributed by atoms with van der Waals surface area (Å²) in [5.41, 5.74) is 3.65. The molecule has 1 fully saturated rings. The molecule has 0 atom stereocenters. The Hall–Kier alpha value is -4.18. The maximum absolute atomic E-state index is 13.5. The molecule has 5 aromatic rings. The number of imidazole rings is 1. The van der Waals surface area contributed by atoms with Gasteiger partial charge in [-0.25, -0.2) is 19.7 Å². The number of likely N-dealkylation sites (tertiary alicyclic amines) is 1. The van der Waals surface area contributed by atoms with Crippen molar-refractivity contribution < 1.29 is 4.79 Å². The Bertz CT molecular complexity index is 1710. The van der Waals surface area contributed by atoms with Gasteiger partial charge in [0.1, 0.15) is 24.3 Å². The molecule has 194 valence electrons. The third kappa shape index (κ3) is 4.10. The van der Waals surface area contributed by atoms with Gasteiger partial charge in [-0.15, -0.1) is 0 Å². The molecule has 5 heterocycles. The van der Waals surface area contributed by atoms with Crippen LogP contribution in [-0.2, 0) is 11.3 Å². The largest absolute Gasteiger partial charge is 0.362 e. The van der Waals surface area contributed by atoms with Crippen LogP contribution in [0.1, 0.15) is 18.9 Å². The summed E-state index contributed by atoms with van der Waals surface area (Å²) in [5.74, 6) is 0.764. The molecule has 11 heteroatoms. The summed E-state index contributed by atoms with van der Waals surface area (Å²) < 4.78 is 3.66. The molecule has 1 N–H and O–H groups in total. The van der Waals surface area contributed by atoms with Crippen LogP contribution in [0.4, 0.5) is 5.82 Å². The van der Waals surface area contributed by atoms with E-state index in [1.807, 2.05) is 71.1 Å². The molecule has 0 spiro atoms. The number of carbonyl (C=O) groups is 1. The lowest BCUT2D eigenvalue weighted by Gasteiger charge is -2.32. The van der Waals surface area contributed by atoms with E-state index >= 15 is 0 Å². The van der Waals surface area contributed by atoms with E-state index in [4.69, 9.17) is 11.6 Å². The van der Waals surface area contributed by atoms with E-state index in [9.17, 15) is 9.59 Å². The van der Waals surface area contributed by atoms with Gasteiger partial charge in [-0.3, -0.25) is 14.3 Å². The Morgan fingerprint density at radius 2 is 1.87 bits per heavy atom. The summed E-state index contributed by atoms with van der Waals surface area (Å²) in [6, 6.07) is 11.4. The molecule has 6 rings (SSSR count). The van der Waals surface area contributed by atoms with E-state index in [-0.39, 0.29) is 24.2 Å². The van der Waals surface area contributed by atoms with E-state index in [1.165, 1.54) is 6.33 Å². The van der Waals surface area contributed by atoms with Gasteiger partial charge >= 0.3 is 5.69 Å². The third-order valence-electron chi connectivity index (χ3n) is 7.20. The minimum atomic E-state index is -0.161. The van der Waals surface area contributed by atoms with Crippen molar-refractivity contribution in [3.05, 3.63) is 70.6 Å². The van der Waals surface area contributed by atoms with Crippen molar-refractivity contribution in [2.24, 2.45) is 0 Å². The number of halogens is 1. The quantitative estimate of drug-likeness (QED) is 0.371. The summed E-state index contributed by atoms with van der Waals surface area (Å²) in [7, 11) is 3.86. The van der Waals surface area contributed by atoms with Crippen molar-refractivity contribution in [3.63, 3.8) is 0 Å². The monoisotopic (exact) mass is 530 g/mol. The van der Waals surface area contributed by atoms with Crippen LogP contribution in [0.15, 0.2) is 59.9 Å². The highest BCUT2D eigenvalue weighted by atomic mass is 35.5. The number of anilines is 1. The normalized spacial score (nSPS) is 14.4. The molecule has 0 aliphatic carbocycles. The molecule has 0 saturated carbocycles. The highest BCUT2D eigenvalue weighted by Crippen LogP contribution is 2.38. The molecule has 0 bridgehead atoms. The lowest BCUT2D eigenvalue weighted by molar-refractivity contribution is -0.133. The van der Waals surface area contributed by atoms with Crippen LogP contribution < -0.4 is 10.6 Å². The standard InChI is InChI=1S/C27H27ClN8O2/c1-33(2)25-23-19(18-6-3-4-7-20(18)28)14-35(26(23)31-16-30-25)15-22(37)34-12-9-17(10-13-34)36-21-8-5-11-29-24(21)32-27(36)38/h3-8,11,14,16-17H,9-10,12-13,15H2,1-2H3,(H,29,32,38). The third-order valence-corrected chi connectivity index (χ3v) is 7.53.